The Morgan fingerprint density at radius 3 is 2.20 bits per heavy atom. The van der Waals surface area contributed by atoms with Crippen molar-refractivity contribution in [2.24, 2.45) is 0 Å². The molecule has 3 rings (SSSR count). The van der Waals surface area contributed by atoms with E-state index in [0.29, 0.717) is 23.4 Å². The van der Waals surface area contributed by atoms with E-state index in [9.17, 15) is 9.59 Å². The first-order valence-electron chi connectivity index (χ1n) is 10.2. The van der Waals surface area contributed by atoms with Crippen LogP contribution in [0.1, 0.15) is 26.3 Å². The van der Waals surface area contributed by atoms with Gasteiger partial charge in [0.1, 0.15) is 11.4 Å². The average molecular weight is 408 g/mol. The Morgan fingerprint density at radius 1 is 0.967 bits per heavy atom. The van der Waals surface area contributed by atoms with Gasteiger partial charge >= 0.3 is 0 Å². The van der Waals surface area contributed by atoms with Gasteiger partial charge < -0.3 is 14.4 Å². The third kappa shape index (κ3) is 4.39. The lowest BCUT2D eigenvalue weighted by molar-refractivity contribution is -0.137. The second kappa shape index (κ2) is 9.59. The molecular weight excluding hydrogens is 380 g/mol. The molecule has 1 aliphatic rings. The maximum atomic E-state index is 13.3. The minimum absolute atomic E-state index is 0.0542. The molecule has 0 fully saturated rings. The minimum atomic E-state index is -0.307. The van der Waals surface area contributed by atoms with Crippen LogP contribution in [0.15, 0.2) is 60.3 Å². The topological polar surface area (TPSA) is 59.1 Å². The molecule has 0 unspecified atom stereocenters. The van der Waals surface area contributed by atoms with Crippen LogP contribution >= 0.6 is 0 Å². The van der Waals surface area contributed by atoms with Crippen molar-refractivity contribution in [2.75, 3.05) is 31.7 Å². The maximum absolute atomic E-state index is 13.3. The number of para-hydroxylation sites is 1. The number of carbonyl (C=O) groups excluding carboxylic acids is 2. The lowest BCUT2D eigenvalue weighted by Gasteiger charge is -2.24. The highest BCUT2D eigenvalue weighted by Crippen LogP contribution is 2.34. The van der Waals surface area contributed by atoms with Gasteiger partial charge in [-0.3, -0.25) is 14.5 Å². The van der Waals surface area contributed by atoms with Crippen LogP contribution < -0.4 is 9.64 Å². The predicted octanol–water partition coefficient (Wildman–Crippen LogP) is 3.73. The van der Waals surface area contributed by atoms with Crippen LogP contribution in [0.25, 0.3) is 5.57 Å². The number of amides is 2. The monoisotopic (exact) mass is 408 g/mol. The zero-order chi connectivity index (χ0) is 21.7. The van der Waals surface area contributed by atoms with E-state index in [-0.39, 0.29) is 31.1 Å². The van der Waals surface area contributed by atoms with Crippen molar-refractivity contribution in [3.8, 4) is 5.75 Å². The van der Waals surface area contributed by atoms with Crippen LogP contribution in [0, 0.1) is 0 Å². The molecule has 6 nitrogen and oxygen atoms in total. The molecule has 0 saturated heterocycles. The number of ether oxygens (including phenoxy) is 2. The molecule has 2 aromatic carbocycles. The molecule has 2 amide bonds. The Hall–Kier alpha value is -3.12. The number of methoxy groups -OCH3 is 1. The smallest absolute Gasteiger partial charge is 0.278 e. The average Bonchev–Trinajstić information content (AvgIpc) is 2.98. The molecule has 0 bridgehead atoms. The zero-order valence-electron chi connectivity index (χ0n) is 17.9. The minimum Gasteiger partial charge on any atom is -0.491 e. The zero-order valence-corrected chi connectivity index (χ0v) is 17.9. The van der Waals surface area contributed by atoms with Crippen LogP contribution in [0.3, 0.4) is 0 Å². The molecule has 2 aromatic rings. The van der Waals surface area contributed by atoms with Crippen molar-refractivity contribution in [1.82, 2.24) is 4.90 Å². The van der Waals surface area contributed by atoms with E-state index in [4.69, 9.17) is 9.47 Å². The number of carbonyl (C=O) groups is 2. The lowest BCUT2D eigenvalue weighted by Crippen LogP contribution is -2.37. The molecular formula is C24H28N2O4. The number of likely N-dealkylation sites (N-methyl/N-ethyl adjacent to an activating group) is 1. The molecule has 0 aliphatic carbocycles. The van der Waals surface area contributed by atoms with Crippen molar-refractivity contribution in [3.63, 3.8) is 0 Å². The fourth-order valence-corrected chi connectivity index (χ4v) is 3.51. The molecule has 0 saturated carbocycles. The Bertz CT molecular complexity index is 920. The van der Waals surface area contributed by atoms with E-state index in [2.05, 4.69) is 0 Å². The molecule has 1 aliphatic heterocycles. The summed E-state index contributed by atoms with van der Waals surface area (Å²) in [7, 11) is 1.55. The molecule has 0 N–H and O–H groups in total. The Kier molecular flexibility index (Phi) is 6.90. The number of nitrogens with zero attached hydrogens (tertiary/aromatic N) is 2. The van der Waals surface area contributed by atoms with Gasteiger partial charge in [0.15, 0.2) is 0 Å². The van der Waals surface area contributed by atoms with Crippen LogP contribution in [-0.2, 0) is 14.3 Å². The van der Waals surface area contributed by atoms with Crippen LogP contribution in [0.5, 0.6) is 5.75 Å². The Balaban J connectivity index is 2.08. The summed E-state index contributed by atoms with van der Waals surface area (Å²) >= 11 is 0. The highest BCUT2D eigenvalue weighted by atomic mass is 16.5. The van der Waals surface area contributed by atoms with Crippen molar-refractivity contribution in [2.45, 2.75) is 26.9 Å². The van der Waals surface area contributed by atoms with Gasteiger partial charge in [0.25, 0.3) is 11.8 Å². The van der Waals surface area contributed by atoms with Gasteiger partial charge in [-0.15, -0.1) is 0 Å². The van der Waals surface area contributed by atoms with Gasteiger partial charge in [-0.05, 0) is 50.6 Å². The maximum Gasteiger partial charge on any atom is 0.278 e. The molecule has 30 heavy (non-hydrogen) atoms. The largest absolute Gasteiger partial charge is 0.491 e. The van der Waals surface area contributed by atoms with Crippen molar-refractivity contribution in [1.29, 1.82) is 0 Å². The summed E-state index contributed by atoms with van der Waals surface area (Å²) in [6.07, 6.45) is 0.0542. The quantitative estimate of drug-likeness (QED) is 0.592. The summed E-state index contributed by atoms with van der Waals surface area (Å²) in [6, 6.07) is 16.9. The molecule has 0 atom stereocenters. The summed E-state index contributed by atoms with van der Waals surface area (Å²) in [5.74, 6) is 0.110. The first-order chi connectivity index (χ1) is 14.5. The summed E-state index contributed by atoms with van der Waals surface area (Å²) in [6.45, 7) is 6.93. The third-order valence-electron chi connectivity index (χ3n) is 4.83. The first-order valence-corrected chi connectivity index (χ1v) is 10.2. The van der Waals surface area contributed by atoms with E-state index in [1.54, 1.807) is 7.11 Å². The normalized spacial score (nSPS) is 14.1. The Labute approximate surface area is 177 Å². The highest BCUT2D eigenvalue weighted by Gasteiger charge is 2.41. The fourth-order valence-electron chi connectivity index (χ4n) is 3.51. The van der Waals surface area contributed by atoms with Crippen LogP contribution in [-0.4, -0.2) is 49.6 Å². The molecule has 0 spiro atoms. The number of anilines is 1. The second-order valence-electron chi connectivity index (χ2n) is 7.25. The van der Waals surface area contributed by atoms with E-state index in [1.165, 1.54) is 4.90 Å². The SMILES string of the molecule is CCN(C1=C(c2ccc(OC(C)C)cc2)C(=O)N(CCOC)C1=O)c1ccccc1. The first kappa shape index (κ1) is 21.6. The fraction of sp³-hybridized carbons (Fsp3) is 0.333. The van der Waals surface area contributed by atoms with Crippen molar-refractivity contribution >= 4 is 23.1 Å². The highest BCUT2D eigenvalue weighted by molar-refractivity contribution is 6.36. The van der Waals surface area contributed by atoms with Crippen molar-refractivity contribution in [3.05, 3.63) is 65.9 Å². The number of benzene rings is 2. The Morgan fingerprint density at radius 2 is 1.63 bits per heavy atom. The van der Waals surface area contributed by atoms with Gasteiger partial charge in [-0.2, -0.15) is 0 Å². The number of imide groups is 1. The molecule has 0 aromatic heterocycles. The summed E-state index contributed by atoms with van der Waals surface area (Å²) < 4.78 is 10.8. The van der Waals surface area contributed by atoms with E-state index < -0.39 is 0 Å². The van der Waals surface area contributed by atoms with Gasteiger partial charge in [-0.25, -0.2) is 0 Å². The van der Waals surface area contributed by atoms with Gasteiger partial charge in [0, 0.05) is 19.3 Å². The predicted molar refractivity (Wildman–Crippen MR) is 117 cm³/mol. The number of hydrogen-bond donors (Lipinski definition) is 0. The van der Waals surface area contributed by atoms with Gasteiger partial charge in [0.05, 0.1) is 24.8 Å². The van der Waals surface area contributed by atoms with Crippen molar-refractivity contribution < 1.29 is 19.1 Å². The summed E-state index contributed by atoms with van der Waals surface area (Å²) in [5, 5.41) is 0. The van der Waals surface area contributed by atoms with Crippen LogP contribution in [0.2, 0.25) is 0 Å². The van der Waals surface area contributed by atoms with E-state index in [0.717, 1.165) is 11.4 Å². The van der Waals surface area contributed by atoms with Gasteiger partial charge in [-0.1, -0.05) is 30.3 Å². The number of rotatable bonds is 9. The lowest BCUT2D eigenvalue weighted by atomic mass is 10.0. The summed E-state index contributed by atoms with van der Waals surface area (Å²) in [5.41, 5.74) is 2.34. The molecule has 0 radical (unpaired) electrons. The second-order valence-corrected chi connectivity index (χ2v) is 7.25. The summed E-state index contributed by atoms with van der Waals surface area (Å²) in [4.78, 5) is 29.7. The molecule has 158 valence electrons. The van der Waals surface area contributed by atoms with Gasteiger partial charge in [0.2, 0.25) is 0 Å². The molecule has 1 heterocycles. The van der Waals surface area contributed by atoms with Crippen LogP contribution in [0.4, 0.5) is 5.69 Å². The van der Waals surface area contributed by atoms with E-state index in [1.807, 2.05) is 80.3 Å². The third-order valence-corrected chi connectivity index (χ3v) is 4.83. The van der Waals surface area contributed by atoms with E-state index >= 15 is 0 Å². The number of hydrogen-bond acceptors (Lipinski definition) is 5. The molecule has 6 heteroatoms. The standard InChI is InChI=1S/C24H28N2O4/c1-5-25(19-9-7-6-8-10-19)22-21(23(27)26(24(22)28)15-16-29-4)18-11-13-20(14-12-18)30-17(2)3/h6-14,17H,5,15-16H2,1-4H3.